The zero-order valence-electron chi connectivity index (χ0n) is 12.6. The third-order valence-corrected chi connectivity index (χ3v) is 3.80. The van der Waals surface area contributed by atoms with Gasteiger partial charge in [0.05, 0.1) is 12.5 Å². The van der Waals surface area contributed by atoms with Gasteiger partial charge in [0.15, 0.2) is 0 Å². The lowest BCUT2D eigenvalue weighted by Gasteiger charge is -2.27. The number of nitrogens with one attached hydrogen (secondary N) is 2. The van der Waals surface area contributed by atoms with Crippen LogP contribution in [0.25, 0.3) is 0 Å². The summed E-state index contributed by atoms with van der Waals surface area (Å²) in [5.41, 5.74) is 0. The number of hydrogen-bond acceptors (Lipinski definition) is 5. The average Bonchev–Trinajstić information content (AvgIpc) is 2.98. The summed E-state index contributed by atoms with van der Waals surface area (Å²) in [5, 5.41) is 25.0. The molecule has 2 atom stereocenters. The van der Waals surface area contributed by atoms with Crippen LogP contribution in [0.15, 0.2) is 0 Å². The molecular weight excluding hydrogens is 257 g/mol. The molecule has 116 valence electrons. The van der Waals surface area contributed by atoms with E-state index in [1.54, 1.807) is 4.90 Å². The molecule has 2 aliphatic rings. The standard InChI is InChI=1S/C11H22BN3O3.C2H6/c16-11(8-14-9-3-1-5-13-7-9)15-6-2-4-10(15)12(17)18;1-2/h9-10,13-14,17-18H,1-8H2;1-2H3. The molecule has 2 rings (SSSR count). The number of nitrogens with zero attached hydrogens (tertiary/aromatic N) is 1. The van der Waals surface area contributed by atoms with Gasteiger partial charge in [-0.3, -0.25) is 4.79 Å². The van der Waals surface area contributed by atoms with Crippen LogP contribution >= 0.6 is 0 Å². The van der Waals surface area contributed by atoms with Crippen molar-refractivity contribution in [3.8, 4) is 0 Å². The number of likely N-dealkylation sites (tertiary alicyclic amines) is 1. The highest BCUT2D eigenvalue weighted by Gasteiger charge is 2.36. The van der Waals surface area contributed by atoms with Gasteiger partial charge < -0.3 is 25.6 Å². The van der Waals surface area contributed by atoms with E-state index in [4.69, 9.17) is 0 Å². The highest BCUT2D eigenvalue weighted by molar-refractivity contribution is 6.43. The fourth-order valence-electron chi connectivity index (χ4n) is 2.77. The quantitative estimate of drug-likeness (QED) is 0.516. The van der Waals surface area contributed by atoms with Crippen molar-refractivity contribution in [3.63, 3.8) is 0 Å². The molecule has 2 saturated heterocycles. The highest BCUT2D eigenvalue weighted by atomic mass is 16.4. The molecule has 2 aliphatic heterocycles. The second-order valence-electron chi connectivity index (χ2n) is 5.13. The number of carbonyl (C=O) groups excluding carboxylic acids is 1. The summed E-state index contributed by atoms with van der Waals surface area (Å²) in [6.45, 7) is 6.87. The Morgan fingerprint density at radius 3 is 2.70 bits per heavy atom. The summed E-state index contributed by atoms with van der Waals surface area (Å²) in [5.74, 6) is -0.458. The summed E-state index contributed by atoms with van der Waals surface area (Å²) in [7, 11) is -1.42. The summed E-state index contributed by atoms with van der Waals surface area (Å²) in [4.78, 5) is 13.6. The molecule has 7 heteroatoms. The molecule has 1 amide bonds. The second kappa shape index (κ2) is 9.34. The van der Waals surface area contributed by atoms with Crippen LogP contribution in [0.2, 0.25) is 0 Å². The molecular formula is C13H28BN3O3. The lowest BCUT2D eigenvalue weighted by Crippen LogP contribution is -2.51. The topological polar surface area (TPSA) is 84.8 Å². The van der Waals surface area contributed by atoms with Crippen molar-refractivity contribution >= 4 is 13.0 Å². The van der Waals surface area contributed by atoms with Gasteiger partial charge in [-0.25, -0.2) is 0 Å². The van der Waals surface area contributed by atoms with E-state index in [0.29, 0.717) is 19.0 Å². The second-order valence-corrected chi connectivity index (χ2v) is 5.13. The zero-order valence-corrected chi connectivity index (χ0v) is 12.6. The maximum Gasteiger partial charge on any atom is 0.475 e. The van der Waals surface area contributed by atoms with Gasteiger partial charge in [0.25, 0.3) is 0 Å². The van der Waals surface area contributed by atoms with Gasteiger partial charge in [-0.1, -0.05) is 13.8 Å². The van der Waals surface area contributed by atoms with Gasteiger partial charge in [0, 0.05) is 19.1 Å². The van der Waals surface area contributed by atoms with Crippen LogP contribution < -0.4 is 10.6 Å². The summed E-state index contributed by atoms with van der Waals surface area (Å²) >= 11 is 0. The maximum absolute atomic E-state index is 12.0. The molecule has 0 spiro atoms. The van der Waals surface area contributed by atoms with E-state index in [1.807, 2.05) is 13.8 Å². The van der Waals surface area contributed by atoms with Gasteiger partial charge in [0.1, 0.15) is 0 Å². The van der Waals surface area contributed by atoms with E-state index in [2.05, 4.69) is 10.6 Å². The molecule has 0 aromatic heterocycles. The first kappa shape index (κ1) is 17.4. The molecule has 0 bridgehead atoms. The van der Waals surface area contributed by atoms with Crippen molar-refractivity contribution in [1.29, 1.82) is 0 Å². The van der Waals surface area contributed by atoms with Crippen molar-refractivity contribution in [2.24, 2.45) is 0 Å². The lowest BCUT2D eigenvalue weighted by atomic mass is 9.78. The van der Waals surface area contributed by atoms with E-state index >= 15 is 0 Å². The van der Waals surface area contributed by atoms with Gasteiger partial charge in [-0.15, -0.1) is 0 Å². The Hall–Kier alpha value is -0.625. The molecule has 2 heterocycles. The lowest BCUT2D eigenvalue weighted by molar-refractivity contribution is -0.130. The van der Waals surface area contributed by atoms with E-state index in [1.165, 1.54) is 0 Å². The van der Waals surface area contributed by atoms with E-state index in [0.717, 1.165) is 32.4 Å². The summed E-state index contributed by atoms with van der Waals surface area (Å²) < 4.78 is 0. The minimum absolute atomic E-state index is 0.0313. The minimum Gasteiger partial charge on any atom is -0.426 e. The third kappa shape index (κ3) is 5.05. The molecule has 0 aromatic carbocycles. The number of piperidine rings is 1. The molecule has 2 unspecified atom stereocenters. The third-order valence-electron chi connectivity index (χ3n) is 3.80. The molecule has 20 heavy (non-hydrogen) atoms. The normalized spacial score (nSPS) is 25.9. The first-order valence-corrected chi connectivity index (χ1v) is 7.78. The molecule has 0 aliphatic carbocycles. The Morgan fingerprint density at radius 1 is 1.35 bits per heavy atom. The van der Waals surface area contributed by atoms with Crippen molar-refractivity contribution in [3.05, 3.63) is 0 Å². The van der Waals surface area contributed by atoms with Gasteiger partial charge in [-0.05, 0) is 32.2 Å². The fraction of sp³-hybridized carbons (Fsp3) is 0.923. The predicted molar refractivity (Wildman–Crippen MR) is 80.2 cm³/mol. The monoisotopic (exact) mass is 285 g/mol. The number of amides is 1. The number of rotatable bonds is 4. The van der Waals surface area contributed by atoms with Crippen LogP contribution in [0.5, 0.6) is 0 Å². The smallest absolute Gasteiger partial charge is 0.426 e. The molecule has 6 nitrogen and oxygen atoms in total. The average molecular weight is 285 g/mol. The van der Waals surface area contributed by atoms with E-state index < -0.39 is 13.1 Å². The number of hydrogen-bond donors (Lipinski definition) is 4. The van der Waals surface area contributed by atoms with Crippen molar-refractivity contribution in [1.82, 2.24) is 15.5 Å². The maximum atomic E-state index is 12.0. The first-order valence-electron chi connectivity index (χ1n) is 7.78. The Bertz CT molecular complexity index is 286. The van der Waals surface area contributed by atoms with Crippen molar-refractivity contribution in [2.75, 3.05) is 26.2 Å². The largest absolute Gasteiger partial charge is 0.475 e. The van der Waals surface area contributed by atoms with Gasteiger partial charge >= 0.3 is 7.12 Å². The van der Waals surface area contributed by atoms with E-state index in [9.17, 15) is 14.8 Å². The van der Waals surface area contributed by atoms with Gasteiger partial charge in [0.2, 0.25) is 5.91 Å². The molecule has 0 aromatic rings. The molecule has 4 N–H and O–H groups in total. The summed E-state index contributed by atoms with van der Waals surface area (Å²) in [6, 6.07) is 0.350. The van der Waals surface area contributed by atoms with Crippen LogP contribution in [-0.4, -0.2) is 66.1 Å². The summed E-state index contributed by atoms with van der Waals surface area (Å²) in [6.07, 6.45) is 3.74. The van der Waals surface area contributed by atoms with Crippen LogP contribution in [-0.2, 0) is 4.79 Å². The Labute approximate surface area is 122 Å². The van der Waals surface area contributed by atoms with Gasteiger partial charge in [-0.2, -0.15) is 0 Å². The molecule has 0 radical (unpaired) electrons. The zero-order chi connectivity index (χ0) is 15.0. The minimum atomic E-state index is -1.42. The van der Waals surface area contributed by atoms with Crippen molar-refractivity contribution < 1.29 is 14.8 Å². The van der Waals surface area contributed by atoms with Crippen LogP contribution in [0, 0.1) is 0 Å². The SMILES string of the molecule is CC.O=C(CNC1CCCNC1)N1CCCC1B(O)O. The Balaban J connectivity index is 0.000000956. The highest BCUT2D eigenvalue weighted by Crippen LogP contribution is 2.17. The fourth-order valence-corrected chi connectivity index (χ4v) is 2.77. The Morgan fingerprint density at radius 2 is 2.10 bits per heavy atom. The molecule has 2 fully saturated rings. The molecule has 0 saturated carbocycles. The Kier molecular flexibility index (Phi) is 8.14. The predicted octanol–water partition coefficient (Wildman–Crippen LogP) is -0.643. The van der Waals surface area contributed by atoms with Crippen LogP contribution in [0.4, 0.5) is 0 Å². The van der Waals surface area contributed by atoms with E-state index in [-0.39, 0.29) is 12.5 Å². The van der Waals surface area contributed by atoms with Crippen molar-refractivity contribution in [2.45, 2.75) is 51.5 Å². The van der Waals surface area contributed by atoms with Crippen LogP contribution in [0.3, 0.4) is 0 Å². The first-order chi connectivity index (χ1) is 9.68. The van der Waals surface area contributed by atoms with Crippen LogP contribution in [0.1, 0.15) is 39.5 Å². The number of carbonyl (C=O) groups is 1.